The predicted octanol–water partition coefficient (Wildman–Crippen LogP) is 5.48. The van der Waals surface area contributed by atoms with Crippen LogP contribution in [0.3, 0.4) is 0 Å². The van der Waals surface area contributed by atoms with Crippen LogP contribution in [0.15, 0.2) is 114 Å². The predicted molar refractivity (Wildman–Crippen MR) is 151 cm³/mol. The number of ether oxygens (including phenoxy) is 2. The highest BCUT2D eigenvalue weighted by Crippen LogP contribution is 2.25. The zero-order valence-electron chi connectivity index (χ0n) is 21.3. The first-order chi connectivity index (χ1) is 18.9. The molecule has 0 saturated heterocycles. The molecule has 0 unspecified atom stereocenters. The van der Waals surface area contributed by atoms with Gasteiger partial charge in [0.05, 0.1) is 12.0 Å². The number of hydrogen-bond donors (Lipinski definition) is 2. The van der Waals surface area contributed by atoms with Gasteiger partial charge >= 0.3 is 5.97 Å². The van der Waals surface area contributed by atoms with Crippen molar-refractivity contribution in [2.75, 3.05) is 7.11 Å². The van der Waals surface area contributed by atoms with Gasteiger partial charge in [-0.25, -0.2) is 8.42 Å². The molecule has 1 aromatic heterocycles. The molecule has 7 nitrogen and oxygen atoms in total. The quantitative estimate of drug-likeness (QED) is 0.229. The highest BCUT2D eigenvalue weighted by atomic mass is 32.2. The summed E-state index contributed by atoms with van der Waals surface area (Å²) in [6.45, 7) is 0.0440. The van der Waals surface area contributed by atoms with Crippen molar-refractivity contribution >= 4 is 26.9 Å². The topological polar surface area (TPSA) is 97.5 Å². The first-order valence-electron chi connectivity index (χ1n) is 12.5. The minimum absolute atomic E-state index is 0.0440. The van der Waals surface area contributed by atoms with E-state index in [4.69, 9.17) is 9.47 Å². The molecule has 198 valence electrons. The van der Waals surface area contributed by atoms with E-state index < -0.39 is 22.0 Å². The zero-order chi connectivity index (χ0) is 27.2. The number of rotatable bonds is 10. The molecule has 1 heterocycles. The number of hydrogen-bond acceptors (Lipinski definition) is 5. The van der Waals surface area contributed by atoms with Gasteiger partial charge in [-0.05, 0) is 52.6 Å². The summed E-state index contributed by atoms with van der Waals surface area (Å²) in [7, 11) is -2.43. The number of aromatic nitrogens is 1. The van der Waals surface area contributed by atoms with Crippen molar-refractivity contribution in [3.05, 3.63) is 120 Å². The minimum atomic E-state index is -4.03. The second-order valence-corrected chi connectivity index (χ2v) is 10.8. The molecule has 0 radical (unpaired) electrons. The molecule has 0 aliphatic heterocycles. The lowest BCUT2D eigenvalue weighted by Gasteiger charge is -2.18. The van der Waals surface area contributed by atoms with Crippen LogP contribution in [0.4, 0.5) is 0 Å². The van der Waals surface area contributed by atoms with Gasteiger partial charge in [-0.1, -0.05) is 72.8 Å². The summed E-state index contributed by atoms with van der Waals surface area (Å²) < 4.78 is 40.1. The Hall–Kier alpha value is -4.40. The molecular formula is C31H28N2O5S. The van der Waals surface area contributed by atoms with Crippen LogP contribution in [0.1, 0.15) is 11.1 Å². The van der Waals surface area contributed by atoms with E-state index in [1.54, 1.807) is 25.4 Å². The van der Waals surface area contributed by atoms with E-state index in [1.165, 1.54) is 12.1 Å². The summed E-state index contributed by atoms with van der Waals surface area (Å²) in [5, 5.41) is 0.918. The second kappa shape index (κ2) is 11.6. The van der Waals surface area contributed by atoms with Crippen LogP contribution in [0, 0.1) is 0 Å². The van der Waals surface area contributed by atoms with Gasteiger partial charge in [0, 0.05) is 23.5 Å². The van der Waals surface area contributed by atoms with Crippen LogP contribution in [0.2, 0.25) is 0 Å². The first-order valence-corrected chi connectivity index (χ1v) is 13.9. The molecule has 4 aromatic carbocycles. The van der Waals surface area contributed by atoms with Gasteiger partial charge < -0.3 is 14.5 Å². The van der Waals surface area contributed by atoms with Crippen LogP contribution >= 0.6 is 0 Å². The van der Waals surface area contributed by atoms with Crippen LogP contribution in [0.25, 0.3) is 22.0 Å². The van der Waals surface area contributed by atoms with Gasteiger partial charge in [0.15, 0.2) is 0 Å². The lowest BCUT2D eigenvalue weighted by atomic mass is 10.1. The molecule has 0 aliphatic rings. The highest BCUT2D eigenvalue weighted by Gasteiger charge is 2.28. The number of carbonyl (C=O) groups excluding carboxylic acids is 1. The normalized spacial score (nSPS) is 12.2. The van der Waals surface area contributed by atoms with E-state index in [9.17, 15) is 13.2 Å². The fourth-order valence-electron chi connectivity index (χ4n) is 4.39. The van der Waals surface area contributed by atoms with Gasteiger partial charge in [-0.2, -0.15) is 4.72 Å². The molecule has 0 bridgehead atoms. The Morgan fingerprint density at radius 2 is 1.49 bits per heavy atom. The Morgan fingerprint density at radius 1 is 0.846 bits per heavy atom. The molecule has 0 spiro atoms. The fourth-order valence-corrected chi connectivity index (χ4v) is 5.57. The monoisotopic (exact) mass is 540 g/mol. The standard InChI is InChI=1S/C31H28N2O5S/c1-37-26-15-11-23(12-16-26)24-13-17-27(18-14-24)39(35,36)33-30(31(34)38-21-22-7-3-2-4-8-22)19-25-20-32-29-10-6-5-9-28(25)29/h2-18,20,30,32-33H,19,21H2,1H3/t30-/m1/s1. The molecule has 1 atom stereocenters. The number of methoxy groups -OCH3 is 1. The Labute approximate surface area is 227 Å². The number of esters is 1. The van der Waals surface area contributed by atoms with E-state index in [0.717, 1.165) is 38.9 Å². The number of carbonyl (C=O) groups is 1. The third-order valence-corrected chi connectivity index (χ3v) is 7.98. The molecule has 8 heteroatoms. The Morgan fingerprint density at radius 3 is 2.18 bits per heavy atom. The third kappa shape index (κ3) is 6.19. The fraction of sp³-hybridized carbons (Fsp3) is 0.129. The summed E-state index contributed by atoms with van der Waals surface area (Å²) >= 11 is 0. The van der Waals surface area contributed by atoms with E-state index >= 15 is 0 Å². The minimum Gasteiger partial charge on any atom is -0.497 e. The van der Waals surface area contributed by atoms with Crippen LogP contribution in [-0.4, -0.2) is 32.5 Å². The highest BCUT2D eigenvalue weighted by molar-refractivity contribution is 7.89. The van der Waals surface area contributed by atoms with Crippen molar-refractivity contribution in [3.63, 3.8) is 0 Å². The van der Waals surface area contributed by atoms with Crippen LogP contribution in [-0.2, 0) is 32.6 Å². The number of para-hydroxylation sites is 1. The molecule has 39 heavy (non-hydrogen) atoms. The lowest BCUT2D eigenvalue weighted by Crippen LogP contribution is -2.43. The molecule has 5 aromatic rings. The van der Waals surface area contributed by atoms with Crippen LogP contribution in [0.5, 0.6) is 5.75 Å². The van der Waals surface area contributed by atoms with Crippen molar-refractivity contribution in [1.82, 2.24) is 9.71 Å². The van der Waals surface area contributed by atoms with Crippen molar-refractivity contribution < 1.29 is 22.7 Å². The lowest BCUT2D eigenvalue weighted by molar-refractivity contribution is -0.147. The number of aromatic amines is 1. The molecule has 5 rings (SSSR count). The average Bonchev–Trinajstić information content (AvgIpc) is 3.39. The van der Waals surface area contributed by atoms with Gasteiger partial charge in [0.2, 0.25) is 10.0 Å². The van der Waals surface area contributed by atoms with Crippen molar-refractivity contribution in [1.29, 1.82) is 0 Å². The van der Waals surface area contributed by atoms with E-state index in [-0.39, 0.29) is 17.9 Å². The maximum atomic E-state index is 13.4. The molecule has 0 saturated carbocycles. The summed E-state index contributed by atoms with van der Waals surface area (Å²) in [6.07, 6.45) is 1.92. The second-order valence-electron chi connectivity index (χ2n) is 9.08. The van der Waals surface area contributed by atoms with Gasteiger partial charge in [0.1, 0.15) is 18.4 Å². The summed E-state index contributed by atoms with van der Waals surface area (Å²) in [4.78, 5) is 16.4. The Bertz CT molecular complexity index is 1660. The maximum Gasteiger partial charge on any atom is 0.324 e. The number of fused-ring (bicyclic) bond motifs is 1. The Kier molecular flexibility index (Phi) is 7.76. The van der Waals surface area contributed by atoms with Gasteiger partial charge in [-0.3, -0.25) is 4.79 Å². The largest absolute Gasteiger partial charge is 0.497 e. The molecule has 0 aliphatic carbocycles. The SMILES string of the molecule is COc1ccc(-c2ccc(S(=O)(=O)N[C@H](Cc3c[nH]c4ccccc34)C(=O)OCc3ccccc3)cc2)cc1. The zero-order valence-corrected chi connectivity index (χ0v) is 22.1. The average molecular weight is 541 g/mol. The number of benzene rings is 4. The first kappa shape index (κ1) is 26.2. The number of H-pyrrole nitrogens is 1. The summed E-state index contributed by atoms with van der Waals surface area (Å²) in [5.74, 6) is 0.0881. The number of nitrogens with one attached hydrogen (secondary N) is 2. The summed E-state index contributed by atoms with van der Waals surface area (Å²) in [6, 6.07) is 29.8. The van der Waals surface area contributed by atoms with E-state index in [1.807, 2.05) is 78.9 Å². The number of sulfonamides is 1. The maximum absolute atomic E-state index is 13.4. The van der Waals surface area contributed by atoms with Crippen molar-refractivity contribution in [2.24, 2.45) is 0 Å². The molecule has 0 amide bonds. The Balaban J connectivity index is 1.37. The van der Waals surface area contributed by atoms with Crippen molar-refractivity contribution in [2.45, 2.75) is 24.0 Å². The van der Waals surface area contributed by atoms with Gasteiger partial charge in [-0.15, -0.1) is 0 Å². The van der Waals surface area contributed by atoms with E-state index in [0.29, 0.717) is 0 Å². The van der Waals surface area contributed by atoms with Gasteiger partial charge in [0.25, 0.3) is 0 Å². The van der Waals surface area contributed by atoms with Crippen LogP contribution < -0.4 is 9.46 Å². The molecular weight excluding hydrogens is 512 g/mol. The summed E-state index contributed by atoms with van der Waals surface area (Å²) in [5.41, 5.74) is 4.31. The smallest absolute Gasteiger partial charge is 0.324 e. The third-order valence-electron chi connectivity index (χ3n) is 6.49. The molecule has 2 N–H and O–H groups in total. The molecule has 0 fully saturated rings. The van der Waals surface area contributed by atoms with E-state index in [2.05, 4.69) is 9.71 Å². The van der Waals surface area contributed by atoms with Crippen molar-refractivity contribution in [3.8, 4) is 16.9 Å².